The summed E-state index contributed by atoms with van der Waals surface area (Å²) in [6.07, 6.45) is 4.50. The normalized spacial score (nSPS) is 11.3. The smallest absolute Gasteiger partial charge is 0.262 e. The van der Waals surface area contributed by atoms with Crippen LogP contribution in [0.15, 0.2) is 11.1 Å². The minimum absolute atomic E-state index is 0.0431. The van der Waals surface area contributed by atoms with E-state index in [0.29, 0.717) is 34.1 Å². The molecular weight excluding hydrogens is 310 g/mol. The van der Waals surface area contributed by atoms with Crippen LogP contribution in [0.2, 0.25) is 0 Å². The summed E-state index contributed by atoms with van der Waals surface area (Å²) in [5, 5.41) is 3.52. The van der Waals surface area contributed by atoms with Crippen molar-refractivity contribution in [2.24, 2.45) is 5.92 Å². The molecule has 1 N–H and O–H groups in total. The molecule has 1 amide bonds. The topological polar surface area (TPSA) is 64.0 Å². The highest BCUT2D eigenvalue weighted by molar-refractivity contribution is 7.20. The van der Waals surface area contributed by atoms with Gasteiger partial charge in [0.2, 0.25) is 0 Å². The zero-order valence-electron chi connectivity index (χ0n) is 14.3. The highest BCUT2D eigenvalue weighted by Crippen LogP contribution is 2.26. The second-order valence-corrected chi connectivity index (χ2v) is 7.27. The summed E-state index contributed by atoms with van der Waals surface area (Å²) in [6, 6.07) is 0. The molecule has 2 heterocycles. The van der Waals surface area contributed by atoms with Crippen LogP contribution in [0.25, 0.3) is 10.2 Å². The number of aryl methyl sites for hydroxylation is 2. The molecule has 0 aromatic carbocycles. The Kier molecular flexibility index (Phi) is 5.93. The van der Waals surface area contributed by atoms with E-state index in [9.17, 15) is 9.59 Å². The van der Waals surface area contributed by atoms with E-state index >= 15 is 0 Å². The van der Waals surface area contributed by atoms with Crippen molar-refractivity contribution >= 4 is 27.5 Å². The van der Waals surface area contributed by atoms with Gasteiger partial charge in [0.1, 0.15) is 4.83 Å². The Morgan fingerprint density at radius 3 is 2.83 bits per heavy atom. The Hall–Kier alpha value is -1.69. The summed E-state index contributed by atoms with van der Waals surface area (Å²) in [5.41, 5.74) is 0.703. The third-order valence-corrected chi connectivity index (χ3v) is 5.08. The van der Waals surface area contributed by atoms with E-state index < -0.39 is 0 Å². The number of unbranched alkanes of at least 4 members (excludes halogenated alkanes) is 1. The average Bonchev–Trinajstić information content (AvgIpc) is 2.84. The van der Waals surface area contributed by atoms with Crippen molar-refractivity contribution in [2.75, 3.05) is 6.54 Å². The number of nitrogens with one attached hydrogen (secondary N) is 1. The standard InChI is InChI=1S/C17H25N3O2S/c1-5-6-9-20-10-19-16-13(17(20)22)12(4)14(23-16)15(21)18-8-7-11(2)3/h10-11H,5-9H2,1-4H3,(H,18,21). The molecule has 6 heteroatoms. The summed E-state index contributed by atoms with van der Waals surface area (Å²) >= 11 is 1.30. The second-order valence-electron chi connectivity index (χ2n) is 6.27. The lowest BCUT2D eigenvalue weighted by atomic mass is 10.1. The zero-order chi connectivity index (χ0) is 17.0. The fraction of sp³-hybridized carbons (Fsp3) is 0.588. The zero-order valence-corrected chi connectivity index (χ0v) is 15.1. The van der Waals surface area contributed by atoms with Gasteiger partial charge in [-0.05, 0) is 31.2 Å². The SMILES string of the molecule is CCCCn1cnc2sc(C(=O)NCCC(C)C)c(C)c2c1=O. The number of thiophene rings is 1. The maximum Gasteiger partial charge on any atom is 0.262 e. The van der Waals surface area contributed by atoms with Crippen LogP contribution in [0.5, 0.6) is 0 Å². The summed E-state index contributed by atoms with van der Waals surface area (Å²) in [7, 11) is 0. The number of rotatable bonds is 7. The summed E-state index contributed by atoms with van der Waals surface area (Å²) in [5.74, 6) is 0.442. The number of hydrogen-bond donors (Lipinski definition) is 1. The highest BCUT2D eigenvalue weighted by atomic mass is 32.1. The van der Waals surface area contributed by atoms with Gasteiger partial charge in [0, 0.05) is 13.1 Å². The quantitative estimate of drug-likeness (QED) is 0.844. The molecule has 0 aliphatic heterocycles. The minimum Gasteiger partial charge on any atom is -0.351 e. The molecule has 0 atom stereocenters. The van der Waals surface area contributed by atoms with E-state index in [1.807, 2.05) is 6.92 Å². The van der Waals surface area contributed by atoms with Crippen LogP contribution in [-0.2, 0) is 6.54 Å². The Labute approximate surface area is 140 Å². The Bertz CT molecular complexity index is 746. The van der Waals surface area contributed by atoms with Crippen LogP contribution in [0.1, 0.15) is 55.3 Å². The molecular formula is C17H25N3O2S. The third-order valence-electron chi connectivity index (χ3n) is 3.88. The van der Waals surface area contributed by atoms with Gasteiger partial charge >= 0.3 is 0 Å². The van der Waals surface area contributed by atoms with Gasteiger partial charge in [-0.1, -0.05) is 27.2 Å². The molecule has 5 nitrogen and oxygen atoms in total. The molecule has 126 valence electrons. The monoisotopic (exact) mass is 335 g/mol. The number of carbonyl (C=O) groups is 1. The van der Waals surface area contributed by atoms with E-state index in [1.165, 1.54) is 11.3 Å². The first kappa shape index (κ1) is 17.7. The molecule has 2 rings (SSSR count). The molecule has 0 saturated heterocycles. The first-order valence-corrected chi connectivity index (χ1v) is 9.04. The highest BCUT2D eigenvalue weighted by Gasteiger charge is 2.19. The van der Waals surface area contributed by atoms with Gasteiger partial charge in [-0.2, -0.15) is 0 Å². The van der Waals surface area contributed by atoms with Gasteiger partial charge in [-0.3, -0.25) is 14.2 Å². The lowest BCUT2D eigenvalue weighted by molar-refractivity contribution is 0.0955. The van der Waals surface area contributed by atoms with E-state index in [-0.39, 0.29) is 11.5 Å². The number of amides is 1. The summed E-state index contributed by atoms with van der Waals surface area (Å²) in [6.45, 7) is 9.50. The van der Waals surface area contributed by atoms with Crippen LogP contribution in [0.3, 0.4) is 0 Å². The van der Waals surface area contributed by atoms with Gasteiger partial charge < -0.3 is 5.32 Å². The molecule has 0 aliphatic rings. The van der Waals surface area contributed by atoms with Gasteiger partial charge in [-0.15, -0.1) is 11.3 Å². The molecule has 2 aromatic rings. The van der Waals surface area contributed by atoms with Crippen LogP contribution < -0.4 is 10.9 Å². The molecule has 0 unspecified atom stereocenters. The number of carbonyl (C=O) groups excluding carboxylic acids is 1. The van der Waals surface area contributed by atoms with Crippen molar-refractivity contribution in [1.82, 2.24) is 14.9 Å². The first-order chi connectivity index (χ1) is 11.0. The third kappa shape index (κ3) is 3.99. The number of aromatic nitrogens is 2. The van der Waals surface area contributed by atoms with E-state index in [1.54, 1.807) is 10.9 Å². The second kappa shape index (κ2) is 7.73. The average molecular weight is 335 g/mol. The van der Waals surface area contributed by atoms with Gasteiger partial charge in [0.05, 0.1) is 16.6 Å². The van der Waals surface area contributed by atoms with Crippen LogP contribution in [-0.4, -0.2) is 22.0 Å². The predicted octanol–water partition coefficient (Wildman–Crippen LogP) is 3.34. The van der Waals surface area contributed by atoms with Gasteiger partial charge in [0.15, 0.2) is 0 Å². The fourth-order valence-corrected chi connectivity index (χ4v) is 3.47. The maximum atomic E-state index is 12.6. The van der Waals surface area contributed by atoms with Gasteiger partial charge in [-0.25, -0.2) is 4.98 Å². The molecule has 0 fully saturated rings. The number of fused-ring (bicyclic) bond motifs is 1. The van der Waals surface area contributed by atoms with Gasteiger partial charge in [0.25, 0.3) is 11.5 Å². The molecule has 23 heavy (non-hydrogen) atoms. The molecule has 0 aliphatic carbocycles. The van der Waals surface area contributed by atoms with Crippen molar-refractivity contribution in [3.05, 3.63) is 27.1 Å². The molecule has 2 aromatic heterocycles. The number of nitrogens with zero attached hydrogens (tertiary/aromatic N) is 2. The Morgan fingerprint density at radius 1 is 1.43 bits per heavy atom. The summed E-state index contributed by atoms with van der Waals surface area (Å²) < 4.78 is 1.64. The Balaban J connectivity index is 2.29. The lowest BCUT2D eigenvalue weighted by Crippen LogP contribution is -2.25. The largest absolute Gasteiger partial charge is 0.351 e. The van der Waals surface area contributed by atoms with Crippen molar-refractivity contribution < 1.29 is 4.79 Å². The van der Waals surface area contributed by atoms with Crippen molar-refractivity contribution in [2.45, 2.75) is 53.5 Å². The Morgan fingerprint density at radius 2 is 2.17 bits per heavy atom. The first-order valence-electron chi connectivity index (χ1n) is 8.22. The molecule has 0 bridgehead atoms. The van der Waals surface area contributed by atoms with Crippen LogP contribution in [0, 0.1) is 12.8 Å². The van der Waals surface area contributed by atoms with Crippen molar-refractivity contribution in [1.29, 1.82) is 0 Å². The molecule has 0 saturated carbocycles. The summed E-state index contributed by atoms with van der Waals surface area (Å²) in [4.78, 5) is 30.6. The maximum absolute atomic E-state index is 12.6. The predicted molar refractivity (Wildman–Crippen MR) is 95.3 cm³/mol. The van der Waals surface area contributed by atoms with E-state index in [2.05, 4.69) is 31.1 Å². The van der Waals surface area contributed by atoms with Crippen LogP contribution in [0.4, 0.5) is 0 Å². The lowest BCUT2D eigenvalue weighted by Gasteiger charge is -2.06. The van der Waals surface area contributed by atoms with E-state index in [0.717, 1.165) is 24.8 Å². The van der Waals surface area contributed by atoms with Crippen LogP contribution >= 0.6 is 11.3 Å². The molecule has 0 spiro atoms. The fourth-order valence-electron chi connectivity index (χ4n) is 2.42. The number of hydrogen-bond acceptors (Lipinski definition) is 4. The van der Waals surface area contributed by atoms with Crippen molar-refractivity contribution in [3.63, 3.8) is 0 Å². The molecule has 0 radical (unpaired) electrons. The minimum atomic E-state index is -0.106. The van der Waals surface area contributed by atoms with E-state index in [4.69, 9.17) is 0 Å². The van der Waals surface area contributed by atoms with Crippen molar-refractivity contribution in [3.8, 4) is 0 Å².